The molecule has 3 atom stereocenters. The zero-order chi connectivity index (χ0) is 51.1. The van der Waals surface area contributed by atoms with E-state index < -0.39 is 6.09 Å². The number of amides is 1. The highest BCUT2D eigenvalue weighted by molar-refractivity contribution is 8.76. The molecule has 1 amide bonds. The van der Waals surface area contributed by atoms with Crippen molar-refractivity contribution in [1.29, 1.82) is 0 Å². The Kier molecular flexibility index (Phi) is 44.8. The molecular formula is C56H102N2O10S2. The lowest BCUT2D eigenvalue weighted by atomic mass is 10.0. The van der Waals surface area contributed by atoms with Gasteiger partial charge in [-0.15, -0.1) is 0 Å². The van der Waals surface area contributed by atoms with Gasteiger partial charge in [0.25, 0.3) is 0 Å². The van der Waals surface area contributed by atoms with Crippen LogP contribution in [0.2, 0.25) is 0 Å². The highest BCUT2D eigenvalue weighted by Gasteiger charge is 2.14. The van der Waals surface area contributed by atoms with E-state index in [0.29, 0.717) is 88.8 Å². The third kappa shape index (κ3) is 45.6. The summed E-state index contributed by atoms with van der Waals surface area (Å²) in [6.45, 7) is 19.5. The van der Waals surface area contributed by atoms with Crippen LogP contribution in [0.3, 0.4) is 0 Å². The van der Waals surface area contributed by atoms with E-state index in [2.05, 4.69) is 63.9 Å². The Balaban J connectivity index is 2.25. The van der Waals surface area contributed by atoms with E-state index in [1.807, 2.05) is 0 Å². The molecule has 1 heterocycles. The number of allylic oxidation sites excluding steroid dienone is 4. The van der Waals surface area contributed by atoms with Gasteiger partial charge in [-0.2, -0.15) is 0 Å². The number of carbonyl (C=O) groups excluding carboxylic acids is 4. The molecule has 14 heteroatoms. The lowest BCUT2D eigenvalue weighted by Crippen LogP contribution is -2.37. The van der Waals surface area contributed by atoms with Crippen molar-refractivity contribution in [2.45, 2.75) is 215 Å². The van der Waals surface area contributed by atoms with Crippen molar-refractivity contribution in [2.24, 2.45) is 11.8 Å². The van der Waals surface area contributed by atoms with Crippen LogP contribution in [0.4, 0.5) is 4.79 Å². The Labute approximate surface area is 435 Å². The van der Waals surface area contributed by atoms with Crippen LogP contribution in [0.5, 0.6) is 0 Å². The fourth-order valence-electron chi connectivity index (χ4n) is 7.97. The van der Waals surface area contributed by atoms with Crippen LogP contribution in [0.25, 0.3) is 0 Å². The van der Waals surface area contributed by atoms with E-state index in [1.54, 1.807) is 21.6 Å². The first-order valence-corrected chi connectivity index (χ1v) is 30.2. The molecule has 0 bridgehead atoms. The van der Waals surface area contributed by atoms with Crippen molar-refractivity contribution < 1.29 is 47.6 Å². The van der Waals surface area contributed by atoms with Gasteiger partial charge < -0.3 is 38.6 Å². The Morgan fingerprint density at radius 2 is 0.986 bits per heavy atom. The summed E-state index contributed by atoms with van der Waals surface area (Å²) in [4.78, 5) is 51.4. The average Bonchev–Trinajstić information content (AvgIpc) is 3.60. The van der Waals surface area contributed by atoms with Crippen molar-refractivity contribution in [3.8, 4) is 0 Å². The fourth-order valence-corrected chi connectivity index (χ4v) is 9.62. The third-order valence-electron chi connectivity index (χ3n) is 12.5. The molecule has 0 aliphatic carbocycles. The summed E-state index contributed by atoms with van der Waals surface area (Å²) in [5.74, 6) is 2.15. The maximum Gasteiger partial charge on any atom is 0.407 e. The number of ether oxygens (including phenoxy) is 6. The summed E-state index contributed by atoms with van der Waals surface area (Å²) in [6.07, 6.45) is 29.8. The molecule has 408 valence electrons. The molecule has 1 fully saturated rings. The van der Waals surface area contributed by atoms with Gasteiger partial charge in [0, 0.05) is 50.7 Å². The van der Waals surface area contributed by atoms with Gasteiger partial charge in [-0.3, -0.25) is 14.4 Å². The van der Waals surface area contributed by atoms with E-state index in [4.69, 9.17) is 28.4 Å². The van der Waals surface area contributed by atoms with Crippen LogP contribution in [-0.2, 0) is 42.8 Å². The monoisotopic (exact) mass is 1030 g/mol. The first kappa shape index (κ1) is 65.8. The lowest BCUT2D eigenvalue weighted by molar-refractivity contribution is -0.145. The van der Waals surface area contributed by atoms with Gasteiger partial charge in [-0.1, -0.05) is 129 Å². The molecule has 1 aliphatic rings. The highest BCUT2D eigenvalue weighted by Crippen LogP contribution is 2.21. The molecule has 3 unspecified atom stereocenters. The minimum absolute atomic E-state index is 0.0707. The van der Waals surface area contributed by atoms with Crippen LogP contribution >= 0.6 is 21.6 Å². The summed E-state index contributed by atoms with van der Waals surface area (Å²) in [6, 6.07) is 0. The quantitative estimate of drug-likeness (QED) is 0.0204. The number of hydrogen-bond donors (Lipinski definition) is 1. The van der Waals surface area contributed by atoms with Crippen LogP contribution in [-0.4, -0.2) is 119 Å². The molecule has 1 N–H and O–H groups in total. The number of likely N-dealkylation sites (tertiary alicyclic amines) is 1. The molecular weight excluding hydrogens is 925 g/mol. The van der Waals surface area contributed by atoms with Gasteiger partial charge in [0.05, 0.1) is 32.3 Å². The summed E-state index contributed by atoms with van der Waals surface area (Å²) in [7, 11) is 3.20. The molecule has 0 spiro atoms. The minimum Gasteiger partial charge on any atom is -0.466 e. The van der Waals surface area contributed by atoms with Gasteiger partial charge in [-0.05, 0) is 130 Å². The second-order valence-corrected chi connectivity index (χ2v) is 22.7. The van der Waals surface area contributed by atoms with Gasteiger partial charge in [-0.25, -0.2) is 4.79 Å². The largest absolute Gasteiger partial charge is 0.466 e. The predicted molar refractivity (Wildman–Crippen MR) is 291 cm³/mol. The SMILES string of the molecule is CC(C)=CCCC(C)CCOC(=O)CCCCCCCCCOCC(CNC(=O)OCCSSCCOC(=O)CCN1CCCCCC1)OCCCCCCCCC(=O)OCCC(C)CCC=C(C)C. The Morgan fingerprint density at radius 1 is 0.529 bits per heavy atom. The van der Waals surface area contributed by atoms with E-state index in [1.165, 1.54) is 36.8 Å². The van der Waals surface area contributed by atoms with Gasteiger partial charge >= 0.3 is 24.0 Å². The Bertz CT molecular complexity index is 1350. The summed E-state index contributed by atoms with van der Waals surface area (Å²) in [5.41, 5.74) is 2.70. The number of rotatable bonds is 46. The standard InChI is InChI=1S/C56H102N2O10S2/c1-48(2)26-24-28-50(5)33-40-65-53(59)30-18-12-8-7-10-16-22-38-63-47-52(64-39-23-17-11-9-13-19-31-54(60)66-41-34-51(6)29-25-27-49(3)4)46-57-56(62)68-43-45-70-69-44-42-67-55(61)32-37-58-35-20-14-15-21-36-58/h26-27,50-52H,7-25,28-47H2,1-6H3,(H,57,62). The smallest absolute Gasteiger partial charge is 0.407 e. The van der Waals surface area contributed by atoms with Crippen molar-refractivity contribution in [2.75, 3.05) is 83.9 Å². The van der Waals surface area contributed by atoms with Crippen LogP contribution in [0.1, 0.15) is 208 Å². The first-order chi connectivity index (χ1) is 33.9. The zero-order valence-electron chi connectivity index (χ0n) is 45.3. The number of hydrogen-bond acceptors (Lipinski definition) is 13. The number of nitrogens with one attached hydrogen (secondary N) is 1. The fraction of sp³-hybridized carbons (Fsp3) is 0.857. The number of nitrogens with zero attached hydrogens (tertiary/aromatic N) is 1. The molecule has 1 rings (SSSR count). The molecule has 0 aromatic carbocycles. The average molecular weight is 1030 g/mol. The van der Waals surface area contributed by atoms with Crippen molar-refractivity contribution in [1.82, 2.24) is 10.2 Å². The molecule has 1 aliphatic heterocycles. The van der Waals surface area contributed by atoms with Crippen molar-refractivity contribution in [3.63, 3.8) is 0 Å². The van der Waals surface area contributed by atoms with Crippen LogP contribution in [0, 0.1) is 11.8 Å². The van der Waals surface area contributed by atoms with Gasteiger partial charge in [0.1, 0.15) is 13.2 Å². The second kappa shape index (κ2) is 47.7. The summed E-state index contributed by atoms with van der Waals surface area (Å²) in [5, 5.41) is 2.86. The number of alkyl carbamates (subject to hydrolysis) is 1. The zero-order valence-corrected chi connectivity index (χ0v) is 46.9. The van der Waals surface area contributed by atoms with E-state index in [0.717, 1.165) is 142 Å². The maximum atomic E-state index is 12.6. The predicted octanol–water partition coefficient (Wildman–Crippen LogP) is 13.8. The van der Waals surface area contributed by atoms with E-state index >= 15 is 0 Å². The maximum absolute atomic E-state index is 12.6. The van der Waals surface area contributed by atoms with Crippen molar-refractivity contribution in [3.05, 3.63) is 23.3 Å². The third-order valence-corrected chi connectivity index (χ3v) is 14.8. The normalized spacial score (nSPS) is 14.2. The Hall–Kier alpha value is -2.26. The molecule has 12 nitrogen and oxygen atoms in total. The number of esters is 3. The van der Waals surface area contributed by atoms with Crippen molar-refractivity contribution >= 4 is 45.6 Å². The molecule has 0 radical (unpaired) electrons. The van der Waals surface area contributed by atoms with Gasteiger partial charge in [0.15, 0.2) is 0 Å². The molecule has 1 saturated heterocycles. The minimum atomic E-state index is -0.473. The van der Waals surface area contributed by atoms with Gasteiger partial charge in [0.2, 0.25) is 0 Å². The first-order valence-electron chi connectivity index (χ1n) is 27.7. The number of carbonyl (C=O) groups is 4. The number of unbranched alkanes of at least 4 members (excludes halogenated alkanes) is 11. The molecule has 0 saturated carbocycles. The molecule has 0 aromatic rings. The highest BCUT2D eigenvalue weighted by atomic mass is 33.1. The lowest BCUT2D eigenvalue weighted by Gasteiger charge is -2.19. The topological polar surface area (TPSA) is 139 Å². The summed E-state index contributed by atoms with van der Waals surface area (Å²) >= 11 is 0. The van der Waals surface area contributed by atoms with Crippen LogP contribution < -0.4 is 5.32 Å². The molecule has 0 aromatic heterocycles. The van der Waals surface area contributed by atoms with Crippen LogP contribution in [0.15, 0.2) is 23.3 Å². The Morgan fingerprint density at radius 3 is 1.51 bits per heavy atom. The summed E-state index contributed by atoms with van der Waals surface area (Å²) < 4.78 is 34.0. The second-order valence-electron chi connectivity index (χ2n) is 20.0. The van der Waals surface area contributed by atoms with E-state index in [-0.39, 0.29) is 30.6 Å². The molecule has 70 heavy (non-hydrogen) atoms. The van der Waals surface area contributed by atoms with E-state index in [9.17, 15) is 19.2 Å².